The molecule has 0 atom stereocenters. The lowest BCUT2D eigenvalue weighted by molar-refractivity contribution is -0.669. The third-order valence-electron chi connectivity index (χ3n) is 7.73. The van der Waals surface area contributed by atoms with Gasteiger partial charge in [-0.2, -0.15) is 21.4 Å². The number of anilines is 1. The van der Waals surface area contributed by atoms with Gasteiger partial charge in [-0.1, -0.05) is 47.7 Å². The predicted molar refractivity (Wildman–Crippen MR) is 180 cm³/mol. The number of ether oxygens (including phenoxy) is 1. The molecule has 0 fully saturated rings. The van der Waals surface area contributed by atoms with E-state index in [4.69, 9.17) is 9.29 Å². The molecule has 2 N–H and O–H groups in total. The Balaban J connectivity index is 1.43. The Kier molecular flexibility index (Phi) is 10.1. The first kappa shape index (κ1) is 32.8. The van der Waals surface area contributed by atoms with Gasteiger partial charge in [-0.3, -0.25) is 9.11 Å². The first-order valence-corrected chi connectivity index (χ1v) is 18.8. The average molecular weight is 670 g/mol. The lowest BCUT2D eigenvalue weighted by Crippen LogP contribution is -2.35. The maximum Gasteiger partial charge on any atom is 0.264 e. The van der Waals surface area contributed by atoms with Gasteiger partial charge in [-0.05, 0) is 85.7 Å². The number of unbranched alkanes of at least 4 members (excludes halogenated alkanes) is 2. The minimum atomic E-state index is -4.04. The number of hydrogen-bond acceptors (Lipinski definition) is 7. The second-order valence-corrected chi connectivity index (χ2v) is 15.4. The first-order chi connectivity index (χ1) is 21.4. The Hall–Kier alpha value is -3.55. The molecule has 0 saturated carbocycles. The van der Waals surface area contributed by atoms with Gasteiger partial charge >= 0.3 is 0 Å². The molecule has 0 radical (unpaired) electrons. The molecule has 0 unspecified atom stereocenters. The standard InChI is InChI=1S/C33H36N2O7S3/c1-24-21-29-31(22-25(24)2)43-33(35(29)18-7-9-20-45(39,40)41)14-10-13-32-34(17-6-8-19-44(36,37)38)28-23-27(15-16-30(28)42-32)26-11-4-3-5-12-26/h3-5,10-16,21-23H,6-9,17-20H2,1-2H3,(H-,36,37,38,39,40,41)/p+1. The van der Waals surface area contributed by atoms with E-state index >= 15 is 0 Å². The molecule has 1 aromatic heterocycles. The Morgan fingerprint density at radius 1 is 0.844 bits per heavy atom. The maximum absolute atomic E-state index is 11.3. The molecule has 12 heteroatoms. The Morgan fingerprint density at radius 2 is 1.53 bits per heavy atom. The van der Waals surface area contributed by atoms with Gasteiger partial charge in [0, 0.05) is 25.1 Å². The van der Waals surface area contributed by atoms with Crippen LogP contribution < -0.4 is 14.2 Å². The van der Waals surface area contributed by atoms with E-state index in [-0.39, 0.29) is 11.5 Å². The van der Waals surface area contributed by atoms with E-state index < -0.39 is 20.2 Å². The summed E-state index contributed by atoms with van der Waals surface area (Å²) in [7, 11) is -8.04. The largest absolute Gasteiger partial charge is 0.439 e. The highest BCUT2D eigenvalue weighted by atomic mass is 32.2. The fourth-order valence-corrected chi connectivity index (χ4v) is 7.61. The smallest absolute Gasteiger partial charge is 0.264 e. The van der Waals surface area contributed by atoms with E-state index in [0.29, 0.717) is 50.4 Å². The van der Waals surface area contributed by atoms with Crippen LogP contribution in [0.25, 0.3) is 27.4 Å². The van der Waals surface area contributed by atoms with Crippen molar-refractivity contribution in [2.24, 2.45) is 0 Å². The zero-order chi connectivity index (χ0) is 32.2. The number of aromatic nitrogens is 1. The summed E-state index contributed by atoms with van der Waals surface area (Å²) >= 11 is 1.64. The van der Waals surface area contributed by atoms with Gasteiger partial charge in [0.25, 0.3) is 25.2 Å². The maximum atomic E-state index is 11.3. The quantitative estimate of drug-likeness (QED) is 0.0932. The monoisotopic (exact) mass is 669 g/mol. The molecular formula is C33H37N2O7S3+. The van der Waals surface area contributed by atoms with Crippen molar-refractivity contribution in [3.8, 4) is 16.9 Å². The van der Waals surface area contributed by atoms with Crippen LogP contribution in [0.15, 0.2) is 78.7 Å². The van der Waals surface area contributed by atoms with Crippen molar-refractivity contribution in [3.63, 3.8) is 0 Å². The zero-order valence-corrected chi connectivity index (χ0v) is 27.7. The van der Waals surface area contributed by atoms with Gasteiger partial charge in [-0.25, -0.2) is 0 Å². The zero-order valence-electron chi connectivity index (χ0n) is 25.2. The summed E-state index contributed by atoms with van der Waals surface area (Å²) in [4.78, 5) is 2.02. The van der Waals surface area contributed by atoms with E-state index in [1.54, 1.807) is 11.3 Å². The second kappa shape index (κ2) is 13.8. The fourth-order valence-electron chi connectivity index (χ4n) is 5.30. The average Bonchev–Trinajstić information content (AvgIpc) is 3.49. The molecule has 3 aromatic carbocycles. The Labute approximate surface area is 268 Å². The van der Waals surface area contributed by atoms with Gasteiger partial charge in [0.05, 0.1) is 17.2 Å². The molecule has 0 aliphatic carbocycles. The summed E-state index contributed by atoms with van der Waals surface area (Å²) in [5.41, 5.74) is 6.41. The van der Waals surface area contributed by atoms with Gasteiger partial charge in [-0.15, -0.1) is 0 Å². The van der Waals surface area contributed by atoms with Crippen LogP contribution in [0.5, 0.6) is 5.75 Å². The topological polar surface area (TPSA) is 125 Å². The second-order valence-electron chi connectivity index (χ2n) is 11.1. The van der Waals surface area contributed by atoms with Gasteiger partial charge in [0.1, 0.15) is 4.70 Å². The van der Waals surface area contributed by atoms with Crippen molar-refractivity contribution in [2.45, 2.75) is 46.1 Å². The predicted octanol–water partition coefficient (Wildman–Crippen LogP) is 6.56. The molecule has 0 bridgehead atoms. The lowest BCUT2D eigenvalue weighted by Gasteiger charge is -2.18. The van der Waals surface area contributed by atoms with E-state index in [2.05, 4.69) is 36.6 Å². The summed E-state index contributed by atoms with van der Waals surface area (Å²) in [6.07, 6.45) is 7.58. The van der Waals surface area contributed by atoms with Crippen LogP contribution in [-0.4, -0.2) is 44.0 Å². The number of aryl methyl sites for hydroxylation is 3. The summed E-state index contributed by atoms with van der Waals surface area (Å²) in [6.45, 7) is 5.24. The molecule has 0 saturated heterocycles. The first-order valence-electron chi connectivity index (χ1n) is 14.7. The van der Waals surface area contributed by atoms with Crippen LogP contribution in [0, 0.1) is 13.8 Å². The van der Waals surface area contributed by atoms with Gasteiger partial charge < -0.3 is 9.64 Å². The molecule has 1 aliphatic rings. The Morgan fingerprint density at radius 3 is 2.24 bits per heavy atom. The lowest BCUT2D eigenvalue weighted by atomic mass is 10.0. The summed E-state index contributed by atoms with van der Waals surface area (Å²) in [5.74, 6) is 0.735. The van der Waals surface area contributed by atoms with Crippen LogP contribution in [-0.2, 0) is 26.8 Å². The van der Waals surface area contributed by atoms with E-state index in [1.807, 2.05) is 65.6 Å². The number of allylic oxidation sites excluding steroid dienone is 2. The number of hydrogen-bond donors (Lipinski definition) is 2. The normalized spacial score (nSPS) is 14.5. The molecular weight excluding hydrogens is 633 g/mol. The molecule has 1 aliphatic heterocycles. The van der Waals surface area contributed by atoms with Crippen LogP contribution in [0.2, 0.25) is 0 Å². The van der Waals surface area contributed by atoms with Crippen molar-refractivity contribution in [2.75, 3.05) is 23.0 Å². The molecule has 0 amide bonds. The summed E-state index contributed by atoms with van der Waals surface area (Å²) < 4.78 is 72.9. The number of fused-ring (bicyclic) bond motifs is 2. The summed E-state index contributed by atoms with van der Waals surface area (Å²) in [6, 6.07) is 20.3. The van der Waals surface area contributed by atoms with E-state index in [1.165, 1.54) is 11.1 Å². The minimum Gasteiger partial charge on any atom is -0.439 e. The molecule has 45 heavy (non-hydrogen) atoms. The van der Waals surface area contributed by atoms with Crippen molar-refractivity contribution in [3.05, 3.63) is 94.8 Å². The molecule has 0 spiro atoms. The van der Waals surface area contributed by atoms with E-state index in [9.17, 15) is 21.4 Å². The molecule has 9 nitrogen and oxygen atoms in total. The van der Waals surface area contributed by atoms with Crippen LogP contribution >= 0.6 is 11.3 Å². The number of nitrogens with zero attached hydrogens (tertiary/aromatic N) is 2. The SMILES string of the molecule is Cc1cc2sc(/C=C/C=C3\Oc4ccc(-c5ccccc5)cc4N3CCCCS(=O)(=O)O)[n+](CCCCS(=O)(=O)O)c2cc1C. The van der Waals surface area contributed by atoms with Gasteiger partial charge in [0.2, 0.25) is 11.4 Å². The number of rotatable bonds is 13. The third-order valence-corrected chi connectivity index (χ3v) is 10.5. The van der Waals surface area contributed by atoms with E-state index in [0.717, 1.165) is 32.0 Å². The van der Waals surface area contributed by atoms with Crippen LogP contribution in [0.4, 0.5) is 5.69 Å². The molecule has 2 heterocycles. The highest BCUT2D eigenvalue weighted by Gasteiger charge is 2.27. The van der Waals surface area contributed by atoms with Crippen molar-refractivity contribution in [1.29, 1.82) is 0 Å². The highest BCUT2D eigenvalue weighted by molar-refractivity contribution is 7.86. The number of thiazole rings is 1. The number of benzene rings is 3. The van der Waals surface area contributed by atoms with Crippen molar-refractivity contribution >= 4 is 53.6 Å². The summed E-state index contributed by atoms with van der Waals surface area (Å²) in [5, 5.41) is 0.986. The minimum absolute atomic E-state index is 0.269. The molecule has 5 rings (SSSR count). The van der Waals surface area contributed by atoms with Crippen LogP contribution in [0.1, 0.15) is 41.8 Å². The highest BCUT2D eigenvalue weighted by Crippen LogP contribution is 2.42. The Bertz CT molecular complexity index is 1970. The van der Waals surface area contributed by atoms with Crippen molar-refractivity contribution in [1.82, 2.24) is 0 Å². The fraction of sp³-hybridized carbons (Fsp3) is 0.303. The molecule has 238 valence electrons. The third kappa shape index (κ3) is 8.59. The van der Waals surface area contributed by atoms with Crippen molar-refractivity contribution < 1.29 is 35.2 Å². The van der Waals surface area contributed by atoms with Crippen LogP contribution in [0.3, 0.4) is 0 Å². The van der Waals surface area contributed by atoms with Gasteiger partial charge in [0.15, 0.2) is 12.3 Å². The molecule has 4 aromatic rings.